The van der Waals surface area contributed by atoms with Gasteiger partial charge in [0.25, 0.3) is 0 Å². The number of piperidine rings is 1. The van der Waals surface area contributed by atoms with Crippen LogP contribution in [-0.2, 0) is 9.53 Å². The second-order valence-electron chi connectivity index (χ2n) is 6.40. The van der Waals surface area contributed by atoms with Crippen LogP contribution in [-0.4, -0.2) is 70.9 Å². The average Bonchev–Trinajstić information content (AvgIpc) is 3.01. The average molecular weight is 306 g/mol. The van der Waals surface area contributed by atoms with Crippen molar-refractivity contribution in [1.82, 2.24) is 19.6 Å². The fourth-order valence-electron chi connectivity index (χ4n) is 3.39. The Bertz CT molecular complexity index is 510. The Hall–Kier alpha value is -1.40. The van der Waals surface area contributed by atoms with Gasteiger partial charge >= 0.3 is 0 Å². The standard InChI is InChI=1S/C16H26N4O2/c1-13-10-17-20(11-13)15-4-3-5-19(12-15)16(21)14(2)18-6-8-22-9-7-18/h10-11,14-15H,3-9,12H2,1-2H3/t14-,15-/m1/s1. The van der Waals surface area contributed by atoms with Gasteiger partial charge in [-0.1, -0.05) is 0 Å². The number of hydrogen-bond donors (Lipinski definition) is 0. The fraction of sp³-hybridized carbons (Fsp3) is 0.750. The molecule has 0 spiro atoms. The zero-order valence-corrected chi connectivity index (χ0v) is 13.6. The highest BCUT2D eigenvalue weighted by Crippen LogP contribution is 2.22. The molecular weight excluding hydrogens is 280 g/mol. The van der Waals surface area contributed by atoms with E-state index >= 15 is 0 Å². The van der Waals surface area contributed by atoms with Crippen molar-refractivity contribution in [3.63, 3.8) is 0 Å². The van der Waals surface area contributed by atoms with E-state index in [-0.39, 0.29) is 11.9 Å². The third-order valence-electron chi connectivity index (χ3n) is 4.76. The molecule has 2 fully saturated rings. The maximum absolute atomic E-state index is 12.8. The number of hydrogen-bond acceptors (Lipinski definition) is 4. The molecular formula is C16H26N4O2. The second-order valence-corrected chi connectivity index (χ2v) is 6.40. The summed E-state index contributed by atoms with van der Waals surface area (Å²) >= 11 is 0. The zero-order valence-electron chi connectivity index (χ0n) is 13.6. The van der Waals surface area contributed by atoms with Gasteiger partial charge in [0.1, 0.15) is 0 Å². The first-order chi connectivity index (χ1) is 10.6. The van der Waals surface area contributed by atoms with Crippen LogP contribution in [0, 0.1) is 6.92 Å². The lowest BCUT2D eigenvalue weighted by Gasteiger charge is -2.38. The van der Waals surface area contributed by atoms with Crippen molar-refractivity contribution in [2.45, 2.75) is 38.8 Å². The smallest absolute Gasteiger partial charge is 0.239 e. The predicted octanol–water partition coefficient (Wildman–Crippen LogP) is 1.08. The first-order valence-electron chi connectivity index (χ1n) is 8.26. The number of likely N-dealkylation sites (tertiary alicyclic amines) is 1. The molecule has 2 aliphatic rings. The number of nitrogens with zero attached hydrogens (tertiary/aromatic N) is 4. The van der Waals surface area contributed by atoms with E-state index in [0.29, 0.717) is 6.04 Å². The Kier molecular flexibility index (Phi) is 4.78. The molecule has 22 heavy (non-hydrogen) atoms. The normalized spacial score (nSPS) is 25.2. The molecule has 0 unspecified atom stereocenters. The van der Waals surface area contributed by atoms with Crippen molar-refractivity contribution in [1.29, 1.82) is 0 Å². The van der Waals surface area contributed by atoms with Crippen molar-refractivity contribution < 1.29 is 9.53 Å². The van der Waals surface area contributed by atoms with Crippen molar-refractivity contribution in [3.05, 3.63) is 18.0 Å². The summed E-state index contributed by atoms with van der Waals surface area (Å²) in [6, 6.07) is 0.255. The Labute approximate surface area is 132 Å². The van der Waals surface area contributed by atoms with Gasteiger partial charge in [-0.15, -0.1) is 0 Å². The monoisotopic (exact) mass is 306 g/mol. The van der Waals surface area contributed by atoms with Crippen LogP contribution in [0.5, 0.6) is 0 Å². The Balaban J connectivity index is 1.62. The van der Waals surface area contributed by atoms with Crippen LogP contribution in [0.3, 0.4) is 0 Å². The van der Waals surface area contributed by atoms with E-state index in [9.17, 15) is 4.79 Å². The molecule has 2 aliphatic heterocycles. The largest absolute Gasteiger partial charge is 0.379 e. The predicted molar refractivity (Wildman–Crippen MR) is 83.7 cm³/mol. The molecule has 2 atom stereocenters. The van der Waals surface area contributed by atoms with Gasteiger partial charge in [-0.05, 0) is 32.3 Å². The highest BCUT2D eigenvalue weighted by molar-refractivity contribution is 5.81. The summed E-state index contributed by atoms with van der Waals surface area (Å²) in [5.41, 5.74) is 1.17. The molecule has 6 nitrogen and oxygen atoms in total. The topological polar surface area (TPSA) is 50.6 Å². The lowest BCUT2D eigenvalue weighted by atomic mass is 10.0. The van der Waals surface area contributed by atoms with Crippen LogP contribution in [0.2, 0.25) is 0 Å². The van der Waals surface area contributed by atoms with Crippen LogP contribution in [0.4, 0.5) is 0 Å². The number of morpholine rings is 1. The van der Waals surface area contributed by atoms with Crippen LogP contribution >= 0.6 is 0 Å². The van der Waals surface area contributed by atoms with Gasteiger partial charge < -0.3 is 9.64 Å². The number of rotatable bonds is 3. The zero-order chi connectivity index (χ0) is 15.5. The molecule has 0 bridgehead atoms. The van der Waals surface area contributed by atoms with Gasteiger partial charge in [0.05, 0.1) is 31.5 Å². The van der Waals surface area contributed by atoms with Crippen molar-refractivity contribution >= 4 is 5.91 Å². The quantitative estimate of drug-likeness (QED) is 0.838. The summed E-state index contributed by atoms with van der Waals surface area (Å²) in [6.45, 7) is 8.87. The molecule has 0 saturated carbocycles. The van der Waals surface area contributed by atoms with E-state index in [1.807, 2.05) is 22.7 Å². The first-order valence-corrected chi connectivity index (χ1v) is 8.26. The lowest BCUT2D eigenvalue weighted by molar-refractivity contribution is -0.139. The number of carbonyl (C=O) groups excluding carboxylic acids is 1. The van der Waals surface area contributed by atoms with Gasteiger partial charge in [0.15, 0.2) is 0 Å². The molecule has 0 N–H and O–H groups in total. The van der Waals surface area contributed by atoms with E-state index in [4.69, 9.17) is 4.74 Å². The Morgan fingerprint density at radius 1 is 1.36 bits per heavy atom. The van der Waals surface area contributed by atoms with Gasteiger partial charge in [-0.2, -0.15) is 5.10 Å². The molecule has 0 radical (unpaired) electrons. The third-order valence-corrected chi connectivity index (χ3v) is 4.76. The number of carbonyl (C=O) groups is 1. The van der Waals surface area contributed by atoms with E-state index in [1.54, 1.807) is 0 Å². The van der Waals surface area contributed by atoms with Crippen LogP contribution in [0.15, 0.2) is 12.4 Å². The fourth-order valence-corrected chi connectivity index (χ4v) is 3.39. The van der Waals surface area contributed by atoms with Gasteiger partial charge in [0, 0.05) is 32.4 Å². The molecule has 3 rings (SSSR count). The van der Waals surface area contributed by atoms with E-state index < -0.39 is 0 Å². The molecule has 0 aliphatic carbocycles. The van der Waals surface area contributed by atoms with E-state index in [1.165, 1.54) is 5.56 Å². The number of ether oxygens (including phenoxy) is 1. The van der Waals surface area contributed by atoms with Gasteiger partial charge in [-0.3, -0.25) is 14.4 Å². The minimum absolute atomic E-state index is 0.0537. The summed E-state index contributed by atoms with van der Waals surface area (Å²) in [7, 11) is 0. The summed E-state index contributed by atoms with van der Waals surface area (Å²) in [5.74, 6) is 0.246. The van der Waals surface area contributed by atoms with Gasteiger partial charge in [0.2, 0.25) is 5.91 Å². The molecule has 0 aromatic carbocycles. The van der Waals surface area contributed by atoms with Crippen molar-refractivity contribution in [2.24, 2.45) is 0 Å². The maximum Gasteiger partial charge on any atom is 0.239 e. The first kappa shape index (κ1) is 15.5. The lowest BCUT2D eigenvalue weighted by Crippen LogP contribution is -2.53. The van der Waals surface area contributed by atoms with E-state index in [0.717, 1.165) is 52.2 Å². The Morgan fingerprint density at radius 2 is 2.14 bits per heavy atom. The third kappa shape index (κ3) is 3.33. The number of aryl methyl sites for hydroxylation is 1. The van der Waals surface area contributed by atoms with Crippen LogP contribution in [0.1, 0.15) is 31.4 Å². The molecule has 1 amide bonds. The van der Waals surface area contributed by atoms with Crippen molar-refractivity contribution in [2.75, 3.05) is 39.4 Å². The van der Waals surface area contributed by atoms with Gasteiger partial charge in [-0.25, -0.2) is 0 Å². The highest BCUT2D eigenvalue weighted by atomic mass is 16.5. The molecule has 122 valence electrons. The molecule has 1 aromatic heterocycles. The summed E-state index contributed by atoms with van der Waals surface area (Å²) in [4.78, 5) is 17.0. The molecule has 3 heterocycles. The summed E-state index contributed by atoms with van der Waals surface area (Å²) in [6.07, 6.45) is 6.10. The SMILES string of the molecule is Cc1cnn([C@@H]2CCCN(C(=O)[C@@H](C)N3CCOCC3)C2)c1. The van der Waals surface area contributed by atoms with Crippen LogP contribution < -0.4 is 0 Å². The number of aromatic nitrogens is 2. The minimum atomic E-state index is -0.0537. The highest BCUT2D eigenvalue weighted by Gasteiger charge is 2.31. The summed E-state index contributed by atoms with van der Waals surface area (Å²) in [5, 5.41) is 4.42. The number of amides is 1. The summed E-state index contributed by atoms with van der Waals surface area (Å²) < 4.78 is 7.40. The Morgan fingerprint density at radius 3 is 2.82 bits per heavy atom. The molecule has 2 saturated heterocycles. The second kappa shape index (κ2) is 6.79. The minimum Gasteiger partial charge on any atom is -0.379 e. The van der Waals surface area contributed by atoms with Crippen molar-refractivity contribution in [3.8, 4) is 0 Å². The molecule has 1 aromatic rings. The van der Waals surface area contributed by atoms with Crippen LogP contribution in [0.25, 0.3) is 0 Å². The van der Waals surface area contributed by atoms with E-state index in [2.05, 4.69) is 23.1 Å². The molecule has 6 heteroatoms. The maximum atomic E-state index is 12.8.